The molecule has 0 radical (unpaired) electrons. The fourth-order valence-electron chi connectivity index (χ4n) is 0.677. The molecule has 0 aliphatic heterocycles. The summed E-state index contributed by atoms with van der Waals surface area (Å²) >= 11 is 16.8. The molecule has 0 N–H and O–H groups in total. The third kappa shape index (κ3) is 1.68. The summed E-state index contributed by atoms with van der Waals surface area (Å²) in [4.78, 5) is 3.59. The maximum Gasteiger partial charge on any atom is 0.162 e. The second-order valence-electron chi connectivity index (χ2n) is 1.98. The standard InChI is InChI=1S/C7Cl3N3/c8-5-3(1-11)7(10)13-4(2-12)6(5)9. The summed E-state index contributed by atoms with van der Waals surface area (Å²) in [6.45, 7) is 0. The minimum absolute atomic E-state index is 0.0210. The average molecular weight is 232 g/mol. The predicted octanol–water partition coefficient (Wildman–Crippen LogP) is 2.79. The van der Waals surface area contributed by atoms with E-state index in [0.29, 0.717) is 0 Å². The topological polar surface area (TPSA) is 60.5 Å². The van der Waals surface area contributed by atoms with E-state index in [2.05, 4.69) is 4.98 Å². The number of aromatic nitrogens is 1. The summed E-state index contributed by atoms with van der Waals surface area (Å²) < 4.78 is 0. The summed E-state index contributed by atoms with van der Waals surface area (Å²) in [7, 11) is 0. The fraction of sp³-hybridized carbons (Fsp3) is 0. The first-order valence-electron chi connectivity index (χ1n) is 2.96. The normalized spacial score (nSPS) is 9.00. The Hall–Kier alpha value is -1.00. The van der Waals surface area contributed by atoms with Gasteiger partial charge in [-0.05, 0) is 0 Å². The minimum Gasteiger partial charge on any atom is -0.222 e. The smallest absolute Gasteiger partial charge is 0.162 e. The van der Waals surface area contributed by atoms with Crippen molar-refractivity contribution in [3.05, 3.63) is 26.5 Å². The Balaban J connectivity index is 3.60. The van der Waals surface area contributed by atoms with E-state index in [1.54, 1.807) is 12.1 Å². The van der Waals surface area contributed by atoms with Crippen molar-refractivity contribution in [2.45, 2.75) is 0 Å². The Labute approximate surface area is 89.1 Å². The number of pyridine rings is 1. The van der Waals surface area contributed by atoms with E-state index in [0.717, 1.165) is 0 Å². The van der Waals surface area contributed by atoms with Crippen LogP contribution in [0.4, 0.5) is 0 Å². The number of hydrogen-bond acceptors (Lipinski definition) is 3. The highest BCUT2D eigenvalue weighted by Gasteiger charge is 2.15. The van der Waals surface area contributed by atoms with Gasteiger partial charge >= 0.3 is 0 Å². The first kappa shape index (κ1) is 10.1. The molecular weight excluding hydrogens is 232 g/mol. The van der Waals surface area contributed by atoms with Crippen LogP contribution >= 0.6 is 34.8 Å². The molecule has 13 heavy (non-hydrogen) atoms. The highest BCUT2D eigenvalue weighted by molar-refractivity contribution is 6.44. The van der Waals surface area contributed by atoms with Gasteiger partial charge in [-0.25, -0.2) is 4.98 Å². The van der Waals surface area contributed by atoms with Crippen molar-refractivity contribution in [2.24, 2.45) is 0 Å². The van der Waals surface area contributed by atoms with Gasteiger partial charge in [0, 0.05) is 0 Å². The van der Waals surface area contributed by atoms with Crippen LogP contribution in [0.3, 0.4) is 0 Å². The number of rotatable bonds is 0. The SMILES string of the molecule is N#Cc1nc(Cl)c(C#N)c(Cl)c1Cl. The van der Waals surface area contributed by atoms with Crippen LogP contribution in [0.1, 0.15) is 11.3 Å². The number of nitrogens with zero attached hydrogens (tertiary/aromatic N) is 3. The van der Waals surface area contributed by atoms with Crippen LogP contribution < -0.4 is 0 Å². The van der Waals surface area contributed by atoms with Gasteiger partial charge in [0.15, 0.2) is 5.69 Å². The van der Waals surface area contributed by atoms with Crippen molar-refractivity contribution in [3.8, 4) is 12.1 Å². The van der Waals surface area contributed by atoms with E-state index in [9.17, 15) is 0 Å². The zero-order valence-electron chi connectivity index (χ0n) is 5.98. The molecule has 6 heteroatoms. The Morgan fingerprint density at radius 2 is 1.62 bits per heavy atom. The minimum atomic E-state index is -0.117. The molecule has 1 heterocycles. The molecule has 0 spiro atoms. The molecule has 0 fully saturated rings. The van der Waals surface area contributed by atoms with E-state index >= 15 is 0 Å². The molecule has 0 aliphatic rings. The third-order valence-corrected chi connectivity index (χ3v) is 2.37. The molecule has 0 aliphatic carbocycles. The molecule has 0 amide bonds. The van der Waals surface area contributed by atoms with Gasteiger partial charge in [0.25, 0.3) is 0 Å². The molecule has 3 nitrogen and oxygen atoms in total. The van der Waals surface area contributed by atoms with Crippen LogP contribution in [-0.2, 0) is 0 Å². The Morgan fingerprint density at radius 1 is 1.00 bits per heavy atom. The van der Waals surface area contributed by atoms with Crippen molar-refractivity contribution in [3.63, 3.8) is 0 Å². The van der Waals surface area contributed by atoms with Gasteiger partial charge in [-0.15, -0.1) is 0 Å². The summed E-state index contributed by atoms with van der Waals surface area (Å²) in [5.74, 6) is 0. The summed E-state index contributed by atoms with van der Waals surface area (Å²) in [5, 5.41) is 16.9. The lowest BCUT2D eigenvalue weighted by molar-refractivity contribution is 1.25. The number of nitriles is 2. The van der Waals surface area contributed by atoms with E-state index < -0.39 is 0 Å². The molecule has 0 aromatic carbocycles. The first-order chi connectivity index (χ1) is 6.11. The molecule has 1 aromatic rings. The zero-order chi connectivity index (χ0) is 10.0. The average Bonchev–Trinajstić information content (AvgIpc) is 2.12. The maximum atomic E-state index is 8.59. The van der Waals surface area contributed by atoms with E-state index in [4.69, 9.17) is 45.3 Å². The summed E-state index contributed by atoms with van der Waals surface area (Å²) in [6.07, 6.45) is 0. The molecule has 0 unspecified atom stereocenters. The predicted molar refractivity (Wildman–Crippen MR) is 48.7 cm³/mol. The van der Waals surface area contributed by atoms with Crippen molar-refractivity contribution >= 4 is 34.8 Å². The second kappa shape index (κ2) is 3.81. The molecule has 64 valence electrons. The molecule has 1 rings (SSSR count). The van der Waals surface area contributed by atoms with Crippen LogP contribution in [0.25, 0.3) is 0 Å². The molecular formula is C7Cl3N3. The van der Waals surface area contributed by atoms with Crippen LogP contribution in [0.2, 0.25) is 15.2 Å². The fourth-order valence-corrected chi connectivity index (χ4v) is 1.35. The maximum absolute atomic E-state index is 8.59. The van der Waals surface area contributed by atoms with Crippen molar-refractivity contribution in [1.29, 1.82) is 10.5 Å². The lowest BCUT2D eigenvalue weighted by Crippen LogP contribution is -1.91. The van der Waals surface area contributed by atoms with Gasteiger partial charge in [0.05, 0.1) is 10.0 Å². The lowest BCUT2D eigenvalue weighted by atomic mass is 10.3. The number of halogens is 3. The Bertz CT molecular complexity index is 442. The van der Waals surface area contributed by atoms with Crippen LogP contribution in [0.5, 0.6) is 0 Å². The van der Waals surface area contributed by atoms with Crippen LogP contribution in [-0.4, -0.2) is 4.98 Å². The zero-order valence-corrected chi connectivity index (χ0v) is 8.24. The van der Waals surface area contributed by atoms with E-state index in [1.165, 1.54) is 0 Å². The van der Waals surface area contributed by atoms with Gasteiger partial charge < -0.3 is 0 Å². The molecule has 0 bridgehead atoms. The molecule has 0 saturated carbocycles. The third-order valence-electron chi connectivity index (χ3n) is 1.25. The van der Waals surface area contributed by atoms with Crippen LogP contribution in [0.15, 0.2) is 0 Å². The Kier molecular flexibility index (Phi) is 2.95. The second-order valence-corrected chi connectivity index (χ2v) is 3.09. The van der Waals surface area contributed by atoms with Gasteiger partial charge in [-0.2, -0.15) is 10.5 Å². The van der Waals surface area contributed by atoms with E-state index in [-0.39, 0.29) is 26.5 Å². The first-order valence-corrected chi connectivity index (χ1v) is 4.10. The monoisotopic (exact) mass is 231 g/mol. The molecule has 1 aromatic heterocycles. The quantitative estimate of drug-likeness (QED) is 0.646. The van der Waals surface area contributed by atoms with Gasteiger partial charge in [0.1, 0.15) is 22.9 Å². The largest absolute Gasteiger partial charge is 0.222 e. The van der Waals surface area contributed by atoms with Gasteiger partial charge in [-0.1, -0.05) is 34.8 Å². The molecule has 0 saturated heterocycles. The highest BCUT2D eigenvalue weighted by atomic mass is 35.5. The van der Waals surface area contributed by atoms with E-state index in [1.807, 2.05) is 0 Å². The lowest BCUT2D eigenvalue weighted by Gasteiger charge is -2.00. The Morgan fingerprint density at radius 3 is 2.08 bits per heavy atom. The van der Waals surface area contributed by atoms with Crippen LogP contribution in [0, 0.1) is 22.7 Å². The van der Waals surface area contributed by atoms with Gasteiger partial charge in [-0.3, -0.25) is 0 Å². The summed E-state index contributed by atoms with van der Waals surface area (Å²) in [6, 6.07) is 3.44. The highest BCUT2D eigenvalue weighted by Crippen LogP contribution is 2.31. The summed E-state index contributed by atoms with van der Waals surface area (Å²) in [5.41, 5.74) is -0.108. The van der Waals surface area contributed by atoms with Crippen molar-refractivity contribution in [2.75, 3.05) is 0 Å². The molecule has 0 atom stereocenters. The van der Waals surface area contributed by atoms with Gasteiger partial charge in [0.2, 0.25) is 0 Å². The number of hydrogen-bond donors (Lipinski definition) is 0. The van der Waals surface area contributed by atoms with Crippen molar-refractivity contribution < 1.29 is 0 Å². The van der Waals surface area contributed by atoms with Crippen molar-refractivity contribution in [1.82, 2.24) is 4.98 Å².